The van der Waals surface area contributed by atoms with Crippen LogP contribution >= 0.6 is 0 Å². The zero-order valence-electron chi connectivity index (χ0n) is 20.2. The number of ether oxygens (including phenoxy) is 1. The fraction of sp³-hybridized carbons (Fsp3) is 0.385. The van der Waals surface area contributed by atoms with Gasteiger partial charge in [0.25, 0.3) is 0 Å². The quantitative estimate of drug-likeness (QED) is 0.432. The van der Waals surface area contributed by atoms with Gasteiger partial charge < -0.3 is 4.74 Å². The second kappa shape index (κ2) is 8.20. The Labute approximate surface area is 203 Å². The van der Waals surface area contributed by atoms with Crippen LogP contribution in [-0.2, 0) is 18.4 Å². The molecule has 0 saturated heterocycles. The van der Waals surface area contributed by atoms with E-state index in [9.17, 15) is 4.79 Å². The summed E-state index contributed by atoms with van der Waals surface area (Å²) in [5.74, 6) is 1.81. The number of nitrogens with one attached hydrogen (secondary N) is 2. The lowest BCUT2D eigenvalue weighted by Gasteiger charge is -2.33. The third-order valence-electron chi connectivity index (χ3n) is 7.44. The molecule has 180 valence electrons. The lowest BCUT2D eigenvalue weighted by Crippen LogP contribution is -2.38. The molecule has 6 rings (SSSR count). The number of hydrogen-bond acceptors (Lipinski definition) is 6. The summed E-state index contributed by atoms with van der Waals surface area (Å²) in [4.78, 5) is 24.2. The SMILES string of the molecule is CCN1Cc2ncnc(Oc3ccc4c(ccn4C(=O)Nc4cc(C5(C)CC5)[nH]n4)c3)c2CC1C. The first-order chi connectivity index (χ1) is 16.9. The van der Waals surface area contributed by atoms with Crippen LogP contribution in [0.2, 0.25) is 0 Å². The van der Waals surface area contributed by atoms with Gasteiger partial charge in [-0.15, -0.1) is 0 Å². The minimum absolute atomic E-state index is 0.170. The smallest absolute Gasteiger partial charge is 0.331 e. The number of anilines is 1. The highest BCUT2D eigenvalue weighted by Gasteiger charge is 2.40. The zero-order chi connectivity index (χ0) is 24.2. The summed E-state index contributed by atoms with van der Waals surface area (Å²) in [5.41, 5.74) is 4.12. The Balaban J connectivity index is 1.21. The van der Waals surface area contributed by atoms with Gasteiger partial charge in [0.05, 0.1) is 11.2 Å². The van der Waals surface area contributed by atoms with Gasteiger partial charge >= 0.3 is 6.03 Å². The largest absolute Gasteiger partial charge is 0.439 e. The van der Waals surface area contributed by atoms with Crippen molar-refractivity contribution in [2.45, 2.75) is 58.0 Å². The van der Waals surface area contributed by atoms with Gasteiger partial charge in [-0.3, -0.25) is 19.9 Å². The molecule has 35 heavy (non-hydrogen) atoms. The van der Waals surface area contributed by atoms with Gasteiger partial charge in [-0.1, -0.05) is 13.8 Å². The Kier molecular flexibility index (Phi) is 5.10. The molecular formula is C26H29N7O2. The predicted octanol–water partition coefficient (Wildman–Crippen LogP) is 4.84. The van der Waals surface area contributed by atoms with E-state index in [1.54, 1.807) is 17.1 Å². The fourth-order valence-corrected chi connectivity index (χ4v) is 4.85. The predicted molar refractivity (Wildman–Crippen MR) is 133 cm³/mol. The number of aromatic amines is 1. The van der Waals surface area contributed by atoms with Gasteiger partial charge in [-0.25, -0.2) is 14.8 Å². The van der Waals surface area contributed by atoms with E-state index in [1.807, 2.05) is 30.3 Å². The van der Waals surface area contributed by atoms with Crippen LogP contribution in [0.5, 0.6) is 11.6 Å². The molecule has 1 aliphatic heterocycles. The van der Waals surface area contributed by atoms with Gasteiger partial charge in [0, 0.05) is 46.9 Å². The minimum atomic E-state index is -0.257. The molecule has 1 aliphatic carbocycles. The number of carbonyl (C=O) groups is 1. The Bertz CT molecular complexity index is 1420. The van der Waals surface area contributed by atoms with E-state index in [4.69, 9.17) is 4.74 Å². The van der Waals surface area contributed by atoms with E-state index in [0.29, 0.717) is 23.5 Å². The van der Waals surface area contributed by atoms with E-state index < -0.39 is 0 Å². The summed E-state index contributed by atoms with van der Waals surface area (Å²) < 4.78 is 7.80. The molecular weight excluding hydrogens is 442 g/mol. The molecule has 1 fully saturated rings. The van der Waals surface area contributed by atoms with Gasteiger partial charge in [0.2, 0.25) is 5.88 Å². The molecule has 0 spiro atoms. The maximum atomic E-state index is 12.9. The highest BCUT2D eigenvalue weighted by Crippen LogP contribution is 2.47. The number of rotatable bonds is 5. The number of nitrogens with zero attached hydrogens (tertiary/aromatic N) is 5. The maximum absolute atomic E-state index is 12.9. The standard InChI is InChI=1S/C26H29N7O2/c1-4-32-14-20-19(11-16(32)2)24(28-15-27-20)35-18-5-6-21-17(12-18)7-10-33(21)25(34)29-23-13-22(30-31-23)26(3)8-9-26/h5-7,10,12-13,15-16H,4,8-9,11,14H2,1-3H3,(H2,29,30,31,34). The van der Waals surface area contributed by atoms with Crippen LogP contribution in [0.15, 0.2) is 42.9 Å². The Morgan fingerprint density at radius 3 is 2.91 bits per heavy atom. The number of H-pyrrole nitrogens is 1. The molecule has 4 aromatic rings. The average molecular weight is 472 g/mol. The number of fused-ring (bicyclic) bond motifs is 2. The summed E-state index contributed by atoms with van der Waals surface area (Å²) in [7, 11) is 0. The molecule has 1 aromatic carbocycles. The van der Waals surface area contributed by atoms with Crippen LogP contribution in [0.3, 0.4) is 0 Å². The Morgan fingerprint density at radius 1 is 1.26 bits per heavy atom. The molecule has 9 heteroatoms. The first kappa shape index (κ1) is 21.8. The van der Waals surface area contributed by atoms with Crippen LogP contribution in [0, 0.1) is 0 Å². The summed E-state index contributed by atoms with van der Waals surface area (Å²) in [6.45, 7) is 8.38. The normalized spacial score (nSPS) is 18.9. The number of amides is 1. The van der Waals surface area contributed by atoms with Crippen molar-refractivity contribution in [1.82, 2.24) is 29.6 Å². The number of benzene rings is 1. The molecule has 3 aromatic heterocycles. The van der Waals surface area contributed by atoms with Crippen molar-refractivity contribution in [2.24, 2.45) is 0 Å². The second-order valence-electron chi connectivity index (χ2n) is 9.89. The first-order valence-electron chi connectivity index (χ1n) is 12.2. The van der Waals surface area contributed by atoms with Crippen molar-refractivity contribution >= 4 is 22.8 Å². The van der Waals surface area contributed by atoms with Gasteiger partial charge in [-0.05, 0) is 57.0 Å². The van der Waals surface area contributed by atoms with Crippen LogP contribution in [0.1, 0.15) is 50.6 Å². The van der Waals surface area contributed by atoms with Crippen LogP contribution < -0.4 is 10.1 Å². The molecule has 1 atom stereocenters. The first-order valence-corrected chi connectivity index (χ1v) is 12.2. The van der Waals surface area contributed by atoms with Crippen molar-refractivity contribution in [3.05, 3.63) is 59.8 Å². The molecule has 2 aliphatic rings. The van der Waals surface area contributed by atoms with E-state index in [2.05, 4.69) is 51.2 Å². The third-order valence-corrected chi connectivity index (χ3v) is 7.44. The van der Waals surface area contributed by atoms with Crippen LogP contribution in [-0.4, -0.2) is 48.3 Å². The third kappa shape index (κ3) is 3.95. The van der Waals surface area contributed by atoms with Crippen LogP contribution in [0.25, 0.3) is 10.9 Å². The molecule has 0 bridgehead atoms. The Hall–Kier alpha value is -3.72. The molecule has 1 saturated carbocycles. The summed E-state index contributed by atoms with van der Waals surface area (Å²) >= 11 is 0. The Morgan fingerprint density at radius 2 is 2.11 bits per heavy atom. The van der Waals surface area contributed by atoms with Crippen molar-refractivity contribution in [3.8, 4) is 11.6 Å². The highest BCUT2D eigenvalue weighted by molar-refractivity contribution is 5.98. The van der Waals surface area contributed by atoms with Crippen molar-refractivity contribution in [1.29, 1.82) is 0 Å². The van der Waals surface area contributed by atoms with Crippen molar-refractivity contribution in [2.75, 3.05) is 11.9 Å². The highest BCUT2D eigenvalue weighted by atomic mass is 16.5. The molecule has 9 nitrogen and oxygen atoms in total. The summed E-state index contributed by atoms with van der Waals surface area (Å²) in [6.07, 6.45) is 6.47. The van der Waals surface area contributed by atoms with E-state index in [-0.39, 0.29) is 11.4 Å². The topological polar surface area (TPSA) is 101 Å². The lowest BCUT2D eigenvalue weighted by atomic mass is 10.00. The molecule has 0 radical (unpaired) electrons. The van der Waals surface area contributed by atoms with E-state index >= 15 is 0 Å². The number of aromatic nitrogens is 5. The molecule has 1 amide bonds. The summed E-state index contributed by atoms with van der Waals surface area (Å²) in [5, 5.41) is 11.1. The minimum Gasteiger partial charge on any atom is -0.439 e. The summed E-state index contributed by atoms with van der Waals surface area (Å²) in [6, 6.07) is 9.66. The van der Waals surface area contributed by atoms with Crippen molar-refractivity contribution < 1.29 is 9.53 Å². The fourth-order valence-electron chi connectivity index (χ4n) is 4.85. The average Bonchev–Trinajstić information content (AvgIpc) is 3.24. The molecule has 4 heterocycles. The lowest BCUT2D eigenvalue weighted by molar-refractivity contribution is 0.189. The zero-order valence-corrected chi connectivity index (χ0v) is 20.2. The number of carbonyl (C=O) groups excluding carboxylic acids is 1. The van der Waals surface area contributed by atoms with Crippen molar-refractivity contribution in [3.63, 3.8) is 0 Å². The maximum Gasteiger partial charge on any atom is 0.331 e. The second-order valence-corrected chi connectivity index (χ2v) is 9.89. The van der Waals surface area contributed by atoms with E-state index in [1.165, 1.54) is 0 Å². The molecule has 2 N–H and O–H groups in total. The number of likely N-dealkylation sites (N-methyl/N-ethyl adjacent to an activating group) is 1. The molecule has 1 unspecified atom stereocenters. The van der Waals surface area contributed by atoms with Gasteiger partial charge in [-0.2, -0.15) is 5.10 Å². The number of hydrogen-bond donors (Lipinski definition) is 2. The van der Waals surface area contributed by atoms with Crippen LogP contribution in [0.4, 0.5) is 10.6 Å². The van der Waals surface area contributed by atoms with Gasteiger partial charge in [0.1, 0.15) is 12.1 Å². The van der Waals surface area contributed by atoms with Gasteiger partial charge in [0.15, 0.2) is 5.82 Å². The monoisotopic (exact) mass is 471 g/mol. The van der Waals surface area contributed by atoms with E-state index in [0.717, 1.165) is 60.2 Å².